The fourth-order valence-electron chi connectivity index (χ4n) is 11.5. The van der Waals surface area contributed by atoms with E-state index in [2.05, 4.69) is 6.92 Å². The van der Waals surface area contributed by atoms with Gasteiger partial charge in [0.1, 0.15) is 37.1 Å². The number of carbonyl (C=O) groups is 1. The maximum Gasteiger partial charge on any atom is 0.331 e. The third-order valence-electron chi connectivity index (χ3n) is 14.2. The first-order valence-electron chi connectivity index (χ1n) is 18.1. The standard InChI is InChI=1S/C35H54O14/c1-17-30(49-31-29(42)28(41)27(40)24(14-36)48-31)23(38)12-26(46-17)47-19-3-8-33(16-37)21-4-7-32(2)20(18-11-25(39)45-15-18)6-10-35(32,44)22(21)5-9-34(33,43)13-19/h11,17,19-24,26-31,36-38,40-44H,3-10,12-16H2,1-2H3. The number of rotatable bonds is 7. The molecule has 278 valence electrons. The fourth-order valence-corrected chi connectivity index (χ4v) is 11.5. The van der Waals surface area contributed by atoms with Crippen molar-refractivity contribution in [3.63, 3.8) is 0 Å². The summed E-state index contributed by atoms with van der Waals surface area (Å²) in [6.07, 6.45) is -4.56. The third-order valence-corrected chi connectivity index (χ3v) is 14.2. The van der Waals surface area contributed by atoms with Crippen LogP contribution in [0, 0.1) is 28.6 Å². The Balaban J connectivity index is 1.000. The Morgan fingerprint density at radius 3 is 2.33 bits per heavy atom. The quantitative estimate of drug-likeness (QED) is 0.123. The average molecular weight is 699 g/mol. The molecule has 0 bridgehead atoms. The van der Waals surface area contributed by atoms with Gasteiger partial charge in [-0.15, -0.1) is 0 Å². The van der Waals surface area contributed by atoms with E-state index < -0.39 is 90.1 Å². The van der Waals surface area contributed by atoms with Crippen LogP contribution in [-0.4, -0.2) is 139 Å². The van der Waals surface area contributed by atoms with Gasteiger partial charge in [0.15, 0.2) is 12.6 Å². The molecule has 0 aromatic rings. The van der Waals surface area contributed by atoms with E-state index >= 15 is 0 Å². The van der Waals surface area contributed by atoms with Gasteiger partial charge < -0.3 is 64.5 Å². The number of fused-ring (bicyclic) bond motifs is 5. The van der Waals surface area contributed by atoms with Crippen molar-refractivity contribution in [1.29, 1.82) is 0 Å². The van der Waals surface area contributed by atoms with Crippen LogP contribution in [0.1, 0.15) is 78.1 Å². The number of hydrogen-bond acceptors (Lipinski definition) is 14. The van der Waals surface area contributed by atoms with Crippen LogP contribution in [0.4, 0.5) is 0 Å². The highest BCUT2D eigenvalue weighted by atomic mass is 16.7. The molecule has 8 N–H and O–H groups in total. The van der Waals surface area contributed by atoms with E-state index in [0.29, 0.717) is 32.1 Å². The lowest BCUT2D eigenvalue weighted by molar-refractivity contribution is -0.346. The molecular weight excluding hydrogens is 644 g/mol. The molecule has 3 aliphatic heterocycles. The van der Waals surface area contributed by atoms with Crippen LogP contribution in [0.25, 0.3) is 0 Å². The number of cyclic esters (lactones) is 1. The van der Waals surface area contributed by atoms with E-state index in [9.17, 15) is 45.6 Å². The summed E-state index contributed by atoms with van der Waals surface area (Å²) in [6, 6.07) is 0. The Labute approximate surface area is 285 Å². The van der Waals surface area contributed by atoms with E-state index in [4.69, 9.17) is 23.7 Å². The van der Waals surface area contributed by atoms with Crippen LogP contribution < -0.4 is 0 Å². The first kappa shape index (κ1) is 36.1. The largest absolute Gasteiger partial charge is 0.458 e. The summed E-state index contributed by atoms with van der Waals surface area (Å²) in [4.78, 5) is 11.9. The molecule has 0 spiro atoms. The Hall–Kier alpha value is -1.27. The molecule has 0 aromatic carbocycles. The molecule has 0 radical (unpaired) electrons. The SMILES string of the molecule is CC1OC(OC2CCC3(CO)C4CCC5(C)C(C6=CC(=O)OC6)CCC5(O)C4CCC3(O)C2)CC(O)C1OC1OC(CO)C(O)C(O)C1O. The highest BCUT2D eigenvalue weighted by Gasteiger charge is 2.71. The molecule has 3 heterocycles. The molecule has 4 aliphatic carbocycles. The molecule has 14 heteroatoms. The molecule has 7 rings (SSSR count). The Morgan fingerprint density at radius 1 is 0.898 bits per heavy atom. The molecule has 0 amide bonds. The van der Waals surface area contributed by atoms with Crippen LogP contribution in [0.5, 0.6) is 0 Å². The van der Waals surface area contributed by atoms with Crippen molar-refractivity contribution in [1.82, 2.24) is 0 Å². The summed E-state index contributed by atoms with van der Waals surface area (Å²) >= 11 is 0. The maximum absolute atomic E-state index is 12.5. The molecule has 4 saturated carbocycles. The number of ether oxygens (including phenoxy) is 5. The summed E-state index contributed by atoms with van der Waals surface area (Å²) in [7, 11) is 0. The van der Waals surface area contributed by atoms with E-state index in [1.54, 1.807) is 13.0 Å². The normalized spacial score (nSPS) is 54.4. The molecule has 14 nitrogen and oxygen atoms in total. The summed E-state index contributed by atoms with van der Waals surface area (Å²) in [5.41, 5.74) is -2.49. The van der Waals surface area contributed by atoms with Crippen molar-refractivity contribution in [3.05, 3.63) is 11.6 Å². The molecule has 7 aliphatic rings. The molecule has 17 unspecified atom stereocenters. The zero-order valence-corrected chi connectivity index (χ0v) is 28.3. The molecule has 0 aromatic heterocycles. The van der Waals surface area contributed by atoms with Gasteiger partial charge in [-0.25, -0.2) is 4.79 Å². The van der Waals surface area contributed by atoms with Gasteiger partial charge in [0.25, 0.3) is 0 Å². The number of carbonyl (C=O) groups excluding carboxylic acids is 1. The Bertz CT molecular complexity index is 1270. The smallest absolute Gasteiger partial charge is 0.331 e. The molecular formula is C35H54O14. The lowest BCUT2D eigenvalue weighted by Crippen LogP contribution is -2.69. The second kappa shape index (κ2) is 13.0. The van der Waals surface area contributed by atoms with Crippen molar-refractivity contribution in [2.75, 3.05) is 19.8 Å². The lowest BCUT2D eigenvalue weighted by atomic mass is 9.41. The summed E-state index contributed by atoms with van der Waals surface area (Å²) in [5, 5.41) is 87.1. The fraction of sp³-hybridized carbons (Fsp3) is 0.914. The first-order valence-corrected chi connectivity index (χ1v) is 18.1. The second-order valence-electron chi connectivity index (χ2n) is 16.3. The van der Waals surface area contributed by atoms with Crippen LogP contribution in [0.3, 0.4) is 0 Å². The highest BCUT2D eigenvalue weighted by Crippen LogP contribution is 2.70. The molecule has 17 atom stereocenters. The third kappa shape index (κ3) is 5.56. The Kier molecular flexibility index (Phi) is 9.57. The Morgan fingerprint density at radius 2 is 1.65 bits per heavy atom. The van der Waals surface area contributed by atoms with Gasteiger partial charge in [-0.2, -0.15) is 0 Å². The first-order chi connectivity index (χ1) is 23.2. The van der Waals surface area contributed by atoms with Gasteiger partial charge in [0.2, 0.25) is 0 Å². The van der Waals surface area contributed by atoms with Crippen molar-refractivity contribution in [2.45, 2.75) is 151 Å². The zero-order valence-electron chi connectivity index (χ0n) is 28.3. The molecule has 49 heavy (non-hydrogen) atoms. The number of aliphatic hydroxyl groups excluding tert-OH is 6. The minimum Gasteiger partial charge on any atom is -0.458 e. The predicted molar refractivity (Wildman–Crippen MR) is 167 cm³/mol. The van der Waals surface area contributed by atoms with Gasteiger partial charge in [0.05, 0.1) is 42.7 Å². The van der Waals surface area contributed by atoms with Crippen LogP contribution in [0.15, 0.2) is 11.6 Å². The molecule has 6 fully saturated rings. The van der Waals surface area contributed by atoms with Gasteiger partial charge in [-0.05, 0) is 81.6 Å². The predicted octanol–water partition coefficient (Wildman–Crippen LogP) is -0.603. The minimum atomic E-state index is -1.62. The monoisotopic (exact) mass is 698 g/mol. The van der Waals surface area contributed by atoms with Crippen molar-refractivity contribution in [3.8, 4) is 0 Å². The lowest BCUT2D eigenvalue weighted by Gasteiger charge is -2.66. The van der Waals surface area contributed by atoms with Crippen LogP contribution >= 0.6 is 0 Å². The summed E-state index contributed by atoms with van der Waals surface area (Å²) in [5.74, 6) is -0.460. The van der Waals surface area contributed by atoms with Crippen molar-refractivity contribution >= 4 is 5.97 Å². The van der Waals surface area contributed by atoms with Gasteiger partial charge in [0, 0.05) is 29.7 Å². The summed E-state index contributed by atoms with van der Waals surface area (Å²) < 4.78 is 28.9. The van der Waals surface area contributed by atoms with E-state index in [1.807, 2.05) is 0 Å². The van der Waals surface area contributed by atoms with Gasteiger partial charge >= 0.3 is 5.97 Å². The highest BCUT2D eigenvalue weighted by molar-refractivity contribution is 5.85. The maximum atomic E-state index is 12.5. The van der Waals surface area contributed by atoms with E-state index in [0.717, 1.165) is 24.8 Å². The second-order valence-corrected chi connectivity index (χ2v) is 16.3. The van der Waals surface area contributed by atoms with Crippen molar-refractivity contribution in [2.24, 2.45) is 28.6 Å². The van der Waals surface area contributed by atoms with Crippen LogP contribution in [0.2, 0.25) is 0 Å². The number of hydrogen-bond donors (Lipinski definition) is 8. The van der Waals surface area contributed by atoms with Crippen molar-refractivity contribution < 1.29 is 69.3 Å². The molecule has 2 saturated heterocycles. The van der Waals surface area contributed by atoms with E-state index in [1.165, 1.54) is 0 Å². The average Bonchev–Trinajstić information content (AvgIpc) is 3.61. The topological polar surface area (TPSA) is 225 Å². The van der Waals surface area contributed by atoms with Gasteiger partial charge in [-0.1, -0.05) is 6.92 Å². The van der Waals surface area contributed by atoms with E-state index in [-0.39, 0.29) is 49.8 Å². The van der Waals surface area contributed by atoms with Crippen LogP contribution in [-0.2, 0) is 28.5 Å². The summed E-state index contributed by atoms with van der Waals surface area (Å²) in [6.45, 7) is 3.28. The number of aliphatic hydroxyl groups is 8. The zero-order chi connectivity index (χ0) is 35.1. The number of esters is 1. The van der Waals surface area contributed by atoms with Gasteiger partial charge in [-0.3, -0.25) is 0 Å². The minimum absolute atomic E-state index is 0.0249.